The molecule has 2 aliphatic rings. The molecular formula is C15H18N2. The number of hydrogen-bond acceptors (Lipinski definition) is 1. The lowest BCUT2D eigenvalue weighted by Gasteiger charge is -2.18. The lowest BCUT2D eigenvalue weighted by atomic mass is 10.0. The predicted molar refractivity (Wildman–Crippen MR) is 70.1 cm³/mol. The van der Waals surface area contributed by atoms with Crippen LogP contribution in [0.25, 0.3) is 10.9 Å². The van der Waals surface area contributed by atoms with Crippen LogP contribution in [0, 0.1) is 0 Å². The molecule has 2 heterocycles. The molecule has 1 fully saturated rings. The average molecular weight is 226 g/mol. The van der Waals surface area contributed by atoms with Crippen LogP contribution in [0.4, 0.5) is 0 Å². The van der Waals surface area contributed by atoms with Crippen LogP contribution in [0.2, 0.25) is 0 Å². The summed E-state index contributed by atoms with van der Waals surface area (Å²) in [4.78, 5) is 0. The molecule has 1 aromatic carbocycles. The molecule has 1 aromatic heterocycles. The first-order valence-corrected chi connectivity index (χ1v) is 6.75. The van der Waals surface area contributed by atoms with Crippen LogP contribution in [0.5, 0.6) is 0 Å². The Balaban J connectivity index is 1.78. The van der Waals surface area contributed by atoms with Crippen LogP contribution in [-0.2, 0) is 19.5 Å². The topological polar surface area (TPSA) is 17.0 Å². The van der Waals surface area contributed by atoms with Crippen LogP contribution in [-0.4, -0.2) is 10.6 Å². The second-order valence-electron chi connectivity index (χ2n) is 5.40. The van der Waals surface area contributed by atoms with Crippen molar-refractivity contribution in [1.29, 1.82) is 0 Å². The first-order chi connectivity index (χ1) is 8.42. The van der Waals surface area contributed by atoms with Gasteiger partial charge in [0.25, 0.3) is 0 Å². The molecule has 0 amide bonds. The predicted octanol–water partition coefficient (Wildman–Crippen LogP) is 2.84. The molecule has 2 nitrogen and oxygen atoms in total. The van der Waals surface area contributed by atoms with E-state index in [2.05, 4.69) is 34.1 Å². The van der Waals surface area contributed by atoms with Crippen molar-refractivity contribution in [3.8, 4) is 0 Å². The third kappa shape index (κ3) is 1.59. The van der Waals surface area contributed by atoms with Gasteiger partial charge in [-0.25, -0.2) is 0 Å². The monoisotopic (exact) mass is 226 g/mol. The fraction of sp³-hybridized carbons (Fsp3) is 0.467. The van der Waals surface area contributed by atoms with E-state index in [0.717, 1.165) is 12.6 Å². The van der Waals surface area contributed by atoms with E-state index in [9.17, 15) is 0 Å². The number of nitrogens with one attached hydrogen (secondary N) is 1. The summed E-state index contributed by atoms with van der Waals surface area (Å²) in [6.07, 6.45) is 5.27. The van der Waals surface area contributed by atoms with E-state index >= 15 is 0 Å². The van der Waals surface area contributed by atoms with Gasteiger partial charge < -0.3 is 9.88 Å². The summed E-state index contributed by atoms with van der Waals surface area (Å²) in [6, 6.07) is 9.91. The Morgan fingerprint density at radius 3 is 3.12 bits per heavy atom. The molecule has 0 spiro atoms. The van der Waals surface area contributed by atoms with Gasteiger partial charge in [0.1, 0.15) is 0 Å². The van der Waals surface area contributed by atoms with Crippen molar-refractivity contribution in [3.63, 3.8) is 0 Å². The first-order valence-electron chi connectivity index (χ1n) is 6.75. The minimum Gasteiger partial charge on any atom is -0.343 e. The highest BCUT2D eigenvalue weighted by atomic mass is 15.0. The second-order valence-corrected chi connectivity index (χ2v) is 5.40. The molecule has 0 bridgehead atoms. The standard InChI is InChI=1S/C15H18N2/c1-3-11-5-2-8-17-14(10-16-13-6-7-13)9-12(4-1)15(11)17/h1,3-4,9,13,16H,2,5-8,10H2. The molecule has 2 heteroatoms. The SMILES string of the molecule is c1cc2c3c(c1)cc(CNC1CC1)n3CCC2. The maximum Gasteiger partial charge on any atom is 0.0515 e. The molecule has 1 N–H and O–H groups in total. The van der Waals surface area contributed by atoms with E-state index in [1.165, 1.54) is 54.4 Å². The number of aryl methyl sites for hydroxylation is 2. The van der Waals surface area contributed by atoms with Gasteiger partial charge in [-0.15, -0.1) is 0 Å². The molecule has 1 aliphatic heterocycles. The molecule has 4 rings (SSSR count). The molecule has 1 aliphatic carbocycles. The first kappa shape index (κ1) is 9.72. The van der Waals surface area contributed by atoms with Crippen molar-refractivity contribution >= 4 is 10.9 Å². The molecule has 0 atom stereocenters. The fourth-order valence-corrected chi connectivity index (χ4v) is 3.03. The Labute approximate surface area is 102 Å². The molecule has 88 valence electrons. The summed E-state index contributed by atoms with van der Waals surface area (Å²) in [6.45, 7) is 2.24. The molecule has 0 saturated heterocycles. The Morgan fingerprint density at radius 1 is 1.29 bits per heavy atom. The van der Waals surface area contributed by atoms with Gasteiger partial charge in [-0.2, -0.15) is 0 Å². The van der Waals surface area contributed by atoms with Gasteiger partial charge in [0.05, 0.1) is 5.52 Å². The summed E-state index contributed by atoms with van der Waals surface area (Å²) in [5.41, 5.74) is 4.50. The summed E-state index contributed by atoms with van der Waals surface area (Å²) >= 11 is 0. The van der Waals surface area contributed by atoms with Gasteiger partial charge in [-0.1, -0.05) is 18.2 Å². The maximum absolute atomic E-state index is 3.63. The number of aromatic nitrogens is 1. The van der Waals surface area contributed by atoms with Crippen LogP contribution in [0.3, 0.4) is 0 Å². The minimum atomic E-state index is 0.795. The van der Waals surface area contributed by atoms with Crippen molar-refractivity contribution in [1.82, 2.24) is 9.88 Å². The summed E-state index contributed by atoms with van der Waals surface area (Å²) < 4.78 is 2.53. The average Bonchev–Trinajstić information content (AvgIpc) is 3.12. The molecule has 0 radical (unpaired) electrons. The maximum atomic E-state index is 3.63. The molecule has 17 heavy (non-hydrogen) atoms. The van der Waals surface area contributed by atoms with Crippen molar-refractivity contribution in [2.24, 2.45) is 0 Å². The normalized spacial score (nSPS) is 18.8. The molecule has 2 aromatic rings. The molecular weight excluding hydrogens is 208 g/mol. The van der Waals surface area contributed by atoms with Crippen molar-refractivity contribution in [2.45, 2.75) is 44.8 Å². The lowest BCUT2D eigenvalue weighted by molar-refractivity contribution is 0.581. The summed E-state index contributed by atoms with van der Waals surface area (Å²) in [7, 11) is 0. The number of para-hydroxylation sites is 1. The number of hydrogen-bond donors (Lipinski definition) is 1. The van der Waals surface area contributed by atoms with E-state index < -0.39 is 0 Å². The lowest BCUT2D eigenvalue weighted by Crippen LogP contribution is -2.19. The zero-order valence-corrected chi connectivity index (χ0v) is 10.1. The zero-order valence-electron chi connectivity index (χ0n) is 10.1. The summed E-state index contributed by atoms with van der Waals surface area (Å²) in [5, 5.41) is 5.06. The Hall–Kier alpha value is -1.28. The van der Waals surface area contributed by atoms with E-state index in [0.29, 0.717) is 0 Å². The van der Waals surface area contributed by atoms with E-state index in [4.69, 9.17) is 0 Å². The smallest absolute Gasteiger partial charge is 0.0515 e. The van der Waals surface area contributed by atoms with Gasteiger partial charge in [-0.3, -0.25) is 0 Å². The van der Waals surface area contributed by atoms with E-state index in [1.807, 2.05) is 0 Å². The molecule has 0 unspecified atom stereocenters. The van der Waals surface area contributed by atoms with Crippen LogP contribution < -0.4 is 5.32 Å². The van der Waals surface area contributed by atoms with Gasteiger partial charge in [0.15, 0.2) is 0 Å². The van der Waals surface area contributed by atoms with Crippen molar-refractivity contribution in [2.75, 3.05) is 0 Å². The number of rotatable bonds is 3. The Bertz CT molecular complexity index is 564. The van der Waals surface area contributed by atoms with Gasteiger partial charge in [0, 0.05) is 30.2 Å². The fourth-order valence-electron chi connectivity index (χ4n) is 3.03. The highest BCUT2D eigenvalue weighted by Crippen LogP contribution is 2.29. The largest absolute Gasteiger partial charge is 0.343 e. The highest BCUT2D eigenvalue weighted by Gasteiger charge is 2.22. The Morgan fingerprint density at radius 2 is 2.24 bits per heavy atom. The summed E-state index contributed by atoms with van der Waals surface area (Å²) in [5.74, 6) is 0. The van der Waals surface area contributed by atoms with Crippen molar-refractivity contribution in [3.05, 3.63) is 35.5 Å². The third-order valence-electron chi connectivity index (χ3n) is 4.07. The quantitative estimate of drug-likeness (QED) is 0.851. The second kappa shape index (κ2) is 3.61. The van der Waals surface area contributed by atoms with Crippen molar-refractivity contribution < 1.29 is 0 Å². The van der Waals surface area contributed by atoms with Crippen LogP contribution >= 0.6 is 0 Å². The molecule has 1 saturated carbocycles. The Kier molecular flexibility index (Phi) is 2.06. The van der Waals surface area contributed by atoms with Gasteiger partial charge in [-0.05, 0) is 37.3 Å². The van der Waals surface area contributed by atoms with E-state index in [-0.39, 0.29) is 0 Å². The zero-order chi connectivity index (χ0) is 11.2. The van der Waals surface area contributed by atoms with E-state index in [1.54, 1.807) is 0 Å². The van der Waals surface area contributed by atoms with Crippen LogP contribution in [0.1, 0.15) is 30.5 Å². The third-order valence-corrected chi connectivity index (χ3v) is 4.07. The highest BCUT2D eigenvalue weighted by molar-refractivity contribution is 5.85. The van der Waals surface area contributed by atoms with Gasteiger partial charge in [0.2, 0.25) is 0 Å². The van der Waals surface area contributed by atoms with Gasteiger partial charge >= 0.3 is 0 Å². The minimum absolute atomic E-state index is 0.795. The van der Waals surface area contributed by atoms with Crippen LogP contribution in [0.15, 0.2) is 24.3 Å². The number of nitrogens with zero attached hydrogens (tertiary/aromatic N) is 1. The number of benzene rings is 1.